The number of carbonyl (C=O) groups is 2. The summed E-state index contributed by atoms with van der Waals surface area (Å²) in [5.41, 5.74) is 1.02. The highest BCUT2D eigenvalue weighted by molar-refractivity contribution is 8.19. The van der Waals surface area contributed by atoms with Crippen molar-refractivity contribution in [2.24, 2.45) is 0 Å². The first-order valence-electron chi connectivity index (χ1n) is 7.39. The highest BCUT2D eigenvalue weighted by Gasteiger charge is 2.37. The van der Waals surface area contributed by atoms with Crippen LogP contribution in [0.5, 0.6) is 5.75 Å². The summed E-state index contributed by atoms with van der Waals surface area (Å²) in [7, 11) is 0. The van der Waals surface area contributed by atoms with Crippen LogP contribution in [0.2, 0.25) is 10.0 Å². The number of halogens is 2. The molecule has 0 spiro atoms. The van der Waals surface area contributed by atoms with Crippen LogP contribution in [0.25, 0.3) is 6.08 Å². The number of thioether (sulfide) groups is 1. The Labute approximate surface area is 164 Å². The summed E-state index contributed by atoms with van der Waals surface area (Å²) in [5.74, 6) is 2.37. The highest BCUT2D eigenvalue weighted by atomic mass is 35.5. The van der Waals surface area contributed by atoms with E-state index in [0.29, 0.717) is 27.0 Å². The largest absolute Gasteiger partial charge is 0.479 e. The van der Waals surface area contributed by atoms with Gasteiger partial charge in [-0.2, -0.15) is 0 Å². The fourth-order valence-electron chi connectivity index (χ4n) is 2.30. The molecule has 0 aromatic heterocycles. The van der Waals surface area contributed by atoms with Crippen molar-refractivity contribution >= 4 is 57.9 Å². The Morgan fingerprint density at radius 2 is 1.92 bits per heavy atom. The van der Waals surface area contributed by atoms with Crippen LogP contribution in [0.3, 0.4) is 0 Å². The Bertz CT molecular complexity index is 965. The molecule has 0 N–H and O–H groups in total. The molecule has 0 unspecified atom stereocenters. The van der Waals surface area contributed by atoms with Gasteiger partial charge in [0.1, 0.15) is 12.4 Å². The van der Waals surface area contributed by atoms with Crippen LogP contribution in [0, 0.1) is 12.3 Å². The molecule has 0 aliphatic carbocycles. The molecule has 0 radical (unpaired) electrons. The molecule has 1 heterocycles. The van der Waals surface area contributed by atoms with Crippen LogP contribution >= 0.6 is 35.0 Å². The van der Waals surface area contributed by atoms with E-state index >= 15 is 0 Å². The van der Waals surface area contributed by atoms with Crippen LogP contribution < -0.4 is 9.64 Å². The summed E-state index contributed by atoms with van der Waals surface area (Å²) < 4.78 is 5.30. The first-order valence-corrected chi connectivity index (χ1v) is 8.97. The van der Waals surface area contributed by atoms with E-state index in [0.717, 1.165) is 16.7 Å². The van der Waals surface area contributed by atoms with E-state index < -0.39 is 11.1 Å². The molecule has 1 fully saturated rings. The number of amides is 2. The smallest absolute Gasteiger partial charge is 0.298 e. The lowest BCUT2D eigenvalue weighted by molar-refractivity contribution is -0.113. The zero-order chi connectivity index (χ0) is 18.7. The Hall–Kier alpha value is -2.39. The fraction of sp³-hybridized carbons (Fsp3) is 0.0526. The van der Waals surface area contributed by atoms with Gasteiger partial charge in [-0.15, -0.1) is 6.42 Å². The standard InChI is InChI=1S/C19H11Cl2NO3S/c1-2-9-25-16-8-7-12(10-14(16)21)11-17-18(23)22(19(24)26-17)15-6-4-3-5-13(15)20/h1,3-8,10-11H,9H2/b17-11-. The summed E-state index contributed by atoms with van der Waals surface area (Å²) in [5, 5.41) is 0.280. The molecular weight excluding hydrogens is 393 g/mol. The number of anilines is 1. The monoisotopic (exact) mass is 403 g/mol. The van der Waals surface area contributed by atoms with Gasteiger partial charge in [0.15, 0.2) is 0 Å². The van der Waals surface area contributed by atoms with Gasteiger partial charge < -0.3 is 4.74 Å². The minimum Gasteiger partial charge on any atom is -0.479 e. The number of hydrogen-bond acceptors (Lipinski definition) is 4. The predicted molar refractivity (Wildman–Crippen MR) is 106 cm³/mol. The molecule has 4 nitrogen and oxygen atoms in total. The SMILES string of the molecule is C#CCOc1ccc(/C=C2\SC(=O)N(c3ccccc3Cl)C2=O)cc1Cl. The third-order valence-corrected chi connectivity index (χ3v) is 4.94. The molecule has 1 saturated heterocycles. The molecule has 0 bridgehead atoms. The maximum absolute atomic E-state index is 12.6. The second-order valence-corrected chi connectivity index (χ2v) is 6.96. The second-order valence-electron chi connectivity index (χ2n) is 5.15. The molecule has 26 heavy (non-hydrogen) atoms. The van der Waals surface area contributed by atoms with Gasteiger partial charge in [0.25, 0.3) is 11.1 Å². The van der Waals surface area contributed by atoms with Crippen molar-refractivity contribution in [1.29, 1.82) is 0 Å². The second kappa shape index (κ2) is 7.88. The van der Waals surface area contributed by atoms with Crippen LogP contribution in [-0.2, 0) is 4.79 Å². The molecule has 0 saturated carbocycles. The van der Waals surface area contributed by atoms with Crippen molar-refractivity contribution in [2.45, 2.75) is 0 Å². The summed E-state index contributed by atoms with van der Waals surface area (Å²) in [6, 6.07) is 11.7. The third kappa shape index (κ3) is 3.73. The quantitative estimate of drug-likeness (QED) is 0.516. The maximum atomic E-state index is 12.6. The molecule has 3 rings (SSSR count). The molecule has 2 aromatic rings. The van der Waals surface area contributed by atoms with E-state index in [1.807, 2.05) is 0 Å². The van der Waals surface area contributed by atoms with Gasteiger partial charge >= 0.3 is 0 Å². The number of rotatable bonds is 4. The highest BCUT2D eigenvalue weighted by Crippen LogP contribution is 2.38. The van der Waals surface area contributed by atoms with Crippen molar-refractivity contribution in [2.75, 3.05) is 11.5 Å². The van der Waals surface area contributed by atoms with Gasteiger partial charge in [-0.1, -0.05) is 47.3 Å². The van der Waals surface area contributed by atoms with Crippen LogP contribution in [0.4, 0.5) is 10.5 Å². The van der Waals surface area contributed by atoms with Crippen molar-refractivity contribution in [3.63, 3.8) is 0 Å². The summed E-state index contributed by atoms with van der Waals surface area (Å²) in [6.07, 6.45) is 6.75. The van der Waals surface area contributed by atoms with E-state index in [1.165, 1.54) is 0 Å². The minimum atomic E-state index is -0.433. The lowest BCUT2D eigenvalue weighted by Crippen LogP contribution is -2.27. The van der Waals surface area contributed by atoms with Crippen molar-refractivity contribution in [1.82, 2.24) is 0 Å². The van der Waals surface area contributed by atoms with Crippen LogP contribution in [0.15, 0.2) is 47.4 Å². The van der Waals surface area contributed by atoms with Gasteiger partial charge in [-0.25, -0.2) is 4.90 Å². The van der Waals surface area contributed by atoms with E-state index in [2.05, 4.69) is 5.92 Å². The normalized spacial score (nSPS) is 15.4. The van der Waals surface area contributed by atoms with Gasteiger partial charge in [-0.05, 0) is 47.7 Å². The Balaban J connectivity index is 1.88. The van der Waals surface area contributed by atoms with Crippen molar-refractivity contribution < 1.29 is 14.3 Å². The Morgan fingerprint density at radius 1 is 1.15 bits per heavy atom. The number of ether oxygens (including phenoxy) is 1. The molecule has 1 aliphatic heterocycles. The number of nitrogens with zero attached hydrogens (tertiary/aromatic N) is 1. The molecule has 0 atom stereocenters. The molecule has 7 heteroatoms. The minimum absolute atomic E-state index is 0.107. The molecule has 2 aromatic carbocycles. The third-order valence-electron chi connectivity index (χ3n) is 3.45. The number of benzene rings is 2. The number of terminal acetylenes is 1. The van der Waals surface area contributed by atoms with Gasteiger partial charge in [-0.3, -0.25) is 9.59 Å². The average molecular weight is 404 g/mol. The summed E-state index contributed by atoms with van der Waals surface area (Å²) in [4.78, 5) is 26.3. The zero-order valence-electron chi connectivity index (χ0n) is 13.2. The molecule has 1 aliphatic rings. The van der Waals surface area contributed by atoms with E-state index in [-0.39, 0.29) is 11.5 Å². The zero-order valence-corrected chi connectivity index (χ0v) is 15.6. The average Bonchev–Trinajstić information content (AvgIpc) is 2.88. The van der Waals surface area contributed by atoms with Gasteiger partial charge in [0.2, 0.25) is 0 Å². The molecule has 130 valence electrons. The van der Waals surface area contributed by atoms with Gasteiger partial charge in [0.05, 0.1) is 20.6 Å². The summed E-state index contributed by atoms with van der Waals surface area (Å²) >= 11 is 13.1. The van der Waals surface area contributed by atoms with Crippen molar-refractivity contribution in [3.05, 3.63) is 63.0 Å². The van der Waals surface area contributed by atoms with E-state index in [9.17, 15) is 9.59 Å². The topological polar surface area (TPSA) is 46.6 Å². The predicted octanol–water partition coefficient (Wildman–Crippen LogP) is 5.25. The van der Waals surface area contributed by atoms with Gasteiger partial charge in [0, 0.05) is 0 Å². The lowest BCUT2D eigenvalue weighted by atomic mass is 10.2. The Kier molecular flexibility index (Phi) is 5.58. The van der Waals surface area contributed by atoms with E-state index in [1.54, 1.807) is 48.5 Å². The first-order chi connectivity index (χ1) is 12.5. The van der Waals surface area contributed by atoms with Crippen LogP contribution in [0.1, 0.15) is 5.56 Å². The van der Waals surface area contributed by atoms with Crippen LogP contribution in [-0.4, -0.2) is 17.8 Å². The van der Waals surface area contributed by atoms with Crippen molar-refractivity contribution in [3.8, 4) is 18.1 Å². The lowest BCUT2D eigenvalue weighted by Gasteiger charge is -2.13. The fourth-order valence-corrected chi connectivity index (χ4v) is 3.60. The molecule has 2 amide bonds. The number of imide groups is 1. The van der Waals surface area contributed by atoms with E-state index in [4.69, 9.17) is 34.4 Å². The maximum Gasteiger partial charge on any atom is 0.298 e. The number of hydrogen-bond donors (Lipinski definition) is 0. The Morgan fingerprint density at radius 3 is 2.62 bits per heavy atom. The number of carbonyl (C=O) groups excluding carboxylic acids is 2. The number of para-hydroxylation sites is 1. The molecular formula is C19H11Cl2NO3S. The summed E-state index contributed by atoms with van der Waals surface area (Å²) in [6.45, 7) is 0.107. The first kappa shape index (κ1) is 18.4.